The highest BCUT2D eigenvalue weighted by atomic mass is 127. The third kappa shape index (κ3) is 8.59. The first-order valence-corrected chi connectivity index (χ1v) is 8.88. The number of hydrogen-bond donors (Lipinski definition) is 4. The van der Waals surface area contributed by atoms with E-state index in [2.05, 4.69) is 26.3 Å². The number of carbonyl (C=O) groups excluding carboxylic acids is 2. The molecule has 0 spiro atoms. The molecule has 4 N–H and O–H groups in total. The van der Waals surface area contributed by atoms with Crippen LogP contribution in [-0.4, -0.2) is 51.5 Å². The number of guanidine groups is 1. The average Bonchev–Trinajstić information content (AvgIpc) is 2.64. The summed E-state index contributed by atoms with van der Waals surface area (Å²) in [6.45, 7) is 7.44. The van der Waals surface area contributed by atoms with Crippen molar-refractivity contribution in [3.63, 3.8) is 0 Å². The van der Waals surface area contributed by atoms with Crippen LogP contribution in [0.3, 0.4) is 0 Å². The largest absolute Gasteiger partial charge is 0.356 e. The van der Waals surface area contributed by atoms with Crippen molar-refractivity contribution in [3.05, 3.63) is 35.4 Å². The first kappa shape index (κ1) is 25.2. The molecule has 152 valence electrons. The molecule has 0 aliphatic carbocycles. The van der Waals surface area contributed by atoms with Crippen LogP contribution in [0.25, 0.3) is 0 Å². The molecule has 7 nitrogen and oxygen atoms in total. The maximum Gasteiger partial charge on any atom is 0.251 e. The maximum atomic E-state index is 12.0. The van der Waals surface area contributed by atoms with E-state index in [9.17, 15) is 9.59 Å². The molecule has 0 fully saturated rings. The van der Waals surface area contributed by atoms with Crippen molar-refractivity contribution >= 4 is 41.8 Å². The zero-order valence-corrected chi connectivity index (χ0v) is 19.1. The molecular weight excluding hydrogens is 457 g/mol. The Morgan fingerprint density at radius 1 is 1.15 bits per heavy atom. The van der Waals surface area contributed by atoms with Gasteiger partial charge in [-0.15, -0.1) is 24.0 Å². The van der Waals surface area contributed by atoms with E-state index in [1.54, 1.807) is 20.2 Å². The van der Waals surface area contributed by atoms with E-state index >= 15 is 0 Å². The Hall–Kier alpha value is -1.84. The lowest BCUT2D eigenvalue weighted by Crippen LogP contribution is -2.48. The number of carbonyl (C=O) groups is 2. The van der Waals surface area contributed by atoms with Crippen molar-refractivity contribution in [2.45, 2.75) is 27.2 Å². The normalized spacial score (nSPS) is 11.2. The summed E-state index contributed by atoms with van der Waals surface area (Å²) in [4.78, 5) is 27.9. The van der Waals surface area contributed by atoms with E-state index < -0.39 is 5.41 Å². The Balaban J connectivity index is 0.00000676. The Morgan fingerprint density at radius 3 is 2.44 bits per heavy atom. The van der Waals surface area contributed by atoms with Crippen LogP contribution < -0.4 is 21.3 Å². The van der Waals surface area contributed by atoms with Gasteiger partial charge in [-0.3, -0.25) is 14.6 Å². The monoisotopic (exact) mass is 489 g/mol. The summed E-state index contributed by atoms with van der Waals surface area (Å²) in [6.07, 6.45) is 0.755. The van der Waals surface area contributed by atoms with Crippen LogP contribution in [0.1, 0.15) is 36.7 Å². The fourth-order valence-electron chi connectivity index (χ4n) is 2.34. The van der Waals surface area contributed by atoms with Gasteiger partial charge >= 0.3 is 0 Å². The average molecular weight is 489 g/mol. The van der Waals surface area contributed by atoms with Gasteiger partial charge in [0, 0.05) is 39.3 Å². The Bertz CT molecular complexity index is 647. The van der Waals surface area contributed by atoms with Gasteiger partial charge in [0.15, 0.2) is 5.96 Å². The maximum absolute atomic E-state index is 12.0. The van der Waals surface area contributed by atoms with Crippen LogP contribution in [0.4, 0.5) is 0 Å². The van der Waals surface area contributed by atoms with E-state index in [4.69, 9.17) is 0 Å². The molecule has 2 amide bonds. The van der Waals surface area contributed by atoms with Crippen molar-refractivity contribution in [2.24, 2.45) is 10.4 Å². The summed E-state index contributed by atoms with van der Waals surface area (Å²) in [5.74, 6) is 0.559. The van der Waals surface area contributed by atoms with Gasteiger partial charge in [-0.05, 0) is 44.9 Å². The molecule has 1 aromatic carbocycles. The standard InChI is InChI=1S/C19H31N5O2.HI/c1-6-22-17(26)19(2,3)13-24-18(21-5)23-11-10-14-8-7-9-15(12-14)16(25)20-4;/h7-9,12H,6,10-11,13H2,1-5H3,(H,20,25)(H,22,26)(H2,21,23,24);1H. The minimum absolute atomic E-state index is 0. The number of nitrogens with one attached hydrogen (secondary N) is 4. The Kier molecular flexibility index (Phi) is 11.7. The van der Waals surface area contributed by atoms with Gasteiger partial charge in [-0.1, -0.05) is 12.1 Å². The topological polar surface area (TPSA) is 94.6 Å². The summed E-state index contributed by atoms with van der Waals surface area (Å²) < 4.78 is 0. The second-order valence-corrected chi connectivity index (χ2v) is 6.63. The van der Waals surface area contributed by atoms with E-state index in [-0.39, 0.29) is 35.8 Å². The highest BCUT2D eigenvalue weighted by Gasteiger charge is 2.27. The van der Waals surface area contributed by atoms with E-state index in [0.29, 0.717) is 31.2 Å². The molecule has 0 aromatic heterocycles. The van der Waals surface area contributed by atoms with Gasteiger partial charge in [-0.25, -0.2) is 0 Å². The van der Waals surface area contributed by atoms with Crippen molar-refractivity contribution in [3.8, 4) is 0 Å². The fraction of sp³-hybridized carbons (Fsp3) is 0.526. The molecule has 0 aliphatic heterocycles. The number of nitrogens with zero attached hydrogens (tertiary/aromatic N) is 1. The van der Waals surface area contributed by atoms with Crippen LogP contribution >= 0.6 is 24.0 Å². The molecule has 0 bridgehead atoms. The Morgan fingerprint density at radius 2 is 1.85 bits per heavy atom. The van der Waals surface area contributed by atoms with Crippen molar-refractivity contribution in [1.29, 1.82) is 0 Å². The lowest BCUT2D eigenvalue weighted by atomic mass is 9.92. The lowest BCUT2D eigenvalue weighted by Gasteiger charge is -2.24. The second kappa shape index (κ2) is 12.5. The van der Waals surface area contributed by atoms with Crippen molar-refractivity contribution in [2.75, 3.05) is 33.7 Å². The predicted molar refractivity (Wildman–Crippen MR) is 121 cm³/mol. The molecule has 0 saturated carbocycles. The molecule has 0 atom stereocenters. The summed E-state index contributed by atoms with van der Waals surface area (Å²) in [5, 5.41) is 11.9. The summed E-state index contributed by atoms with van der Waals surface area (Å²) in [5.41, 5.74) is 1.18. The smallest absolute Gasteiger partial charge is 0.251 e. The quantitative estimate of drug-likeness (QED) is 0.253. The molecule has 0 unspecified atom stereocenters. The molecule has 0 saturated heterocycles. The fourth-order valence-corrected chi connectivity index (χ4v) is 2.34. The van der Waals surface area contributed by atoms with Gasteiger partial charge in [0.1, 0.15) is 0 Å². The molecule has 0 radical (unpaired) electrons. The molecule has 8 heteroatoms. The number of aliphatic imine (C=N–C) groups is 1. The minimum atomic E-state index is -0.532. The molecule has 0 heterocycles. The van der Waals surface area contributed by atoms with Crippen molar-refractivity contribution < 1.29 is 9.59 Å². The predicted octanol–water partition coefficient (Wildman–Crippen LogP) is 1.53. The number of rotatable bonds is 8. The molecular formula is C19H32IN5O2. The zero-order valence-electron chi connectivity index (χ0n) is 16.8. The van der Waals surface area contributed by atoms with Crippen LogP contribution in [-0.2, 0) is 11.2 Å². The third-order valence-corrected chi connectivity index (χ3v) is 4.00. The number of amides is 2. The lowest BCUT2D eigenvalue weighted by molar-refractivity contribution is -0.128. The number of hydrogen-bond acceptors (Lipinski definition) is 3. The van der Waals surface area contributed by atoms with Gasteiger partial charge < -0.3 is 21.3 Å². The molecule has 0 aliphatic rings. The molecule has 27 heavy (non-hydrogen) atoms. The van der Waals surface area contributed by atoms with Crippen LogP contribution in [0.2, 0.25) is 0 Å². The van der Waals surface area contributed by atoms with Crippen LogP contribution in [0.5, 0.6) is 0 Å². The first-order valence-electron chi connectivity index (χ1n) is 8.88. The van der Waals surface area contributed by atoms with E-state index in [1.807, 2.05) is 39.0 Å². The zero-order chi connectivity index (χ0) is 19.6. The van der Waals surface area contributed by atoms with Crippen LogP contribution in [0.15, 0.2) is 29.3 Å². The molecule has 1 rings (SSSR count). The highest BCUT2D eigenvalue weighted by molar-refractivity contribution is 14.0. The summed E-state index contributed by atoms with van der Waals surface area (Å²) in [7, 11) is 3.31. The number of halogens is 1. The van der Waals surface area contributed by atoms with Gasteiger partial charge in [-0.2, -0.15) is 0 Å². The van der Waals surface area contributed by atoms with E-state index in [0.717, 1.165) is 12.0 Å². The highest BCUT2D eigenvalue weighted by Crippen LogP contribution is 2.13. The molecule has 1 aromatic rings. The van der Waals surface area contributed by atoms with Crippen LogP contribution in [0, 0.1) is 5.41 Å². The van der Waals surface area contributed by atoms with Gasteiger partial charge in [0.05, 0.1) is 5.41 Å². The Labute approximate surface area is 179 Å². The van der Waals surface area contributed by atoms with Gasteiger partial charge in [0.25, 0.3) is 5.91 Å². The minimum Gasteiger partial charge on any atom is -0.356 e. The van der Waals surface area contributed by atoms with Gasteiger partial charge in [0.2, 0.25) is 5.91 Å². The second-order valence-electron chi connectivity index (χ2n) is 6.63. The van der Waals surface area contributed by atoms with E-state index in [1.165, 1.54) is 0 Å². The van der Waals surface area contributed by atoms with Crippen molar-refractivity contribution in [1.82, 2.24) is 21.3 Å². The third-order valence-electron chi connectivity index (χ3n) is 4.00. The summed E-state index contributed by atoms with van der Waals surface area (Å²) >= 11 is 0. The number of benzene rings is 1. The SMILES string of the molecule is CCNC(=O)C(C)(C)CNC(=NC)NCCc1cccc(C(=O)NC)c1.I. The first-order chi connectivity index (χ1) is 12.3. The summed E-state index contributed by atoms with van der Waals surface area (Å²) in [6, 6.07) is 7.54.